The van der Waals surface area contributed by atoms with Crippen molar-refractivity contribution in [2.75, 3.05) is 20.3 Å². The van der Waals surface area contributed by atoms with Crippen LogP contribution in [0.2, 0.25) is 0 Å². The van der Waals surface area contributed by atoms with Gasteiger partial charge in [-0.2, -0.15) is 0 Å². The van der Waals surface area contributed by atoms with Crippen molar-refractivity contribution in [2.45, 2.75) is 57.5 Å². The Bertz CT molecular complexity index is 658. The number of imide groups is 1. The van der Waals surface area contributed by atoms with Crippen LogP contribution in [0.4, 0.5) is 4.79 Å². The predicted molar refractivity (Wildman–Crippen MR) is 95.8 cm³/mol. The van der Waals surface area contributed by atoms with E-state index in [2.05, 4.69) is 15.4 Å². The standard InChI is InChI=1S/C18H27N3O7/c1-4-11(2)14(15(24)27-3)19-12(22)10-28-13(23)9-21-16(25)18(20-17(21)26)7-5-6-8-18/h11,14H,4-10H2,1-3H3,(H,19,22)(H,20,26)/t11-,14+/m0/s1. The average Bonchev–Trinajstić information content (AvgIpc) is 3.24. The van der Waals surface area contributed by atoms with Gasteiger partial charge in [-0.1, -0.05) is 33.1 Å². The van der Waals surface area contributed by atoms with Gasteiger partial charge in [0.25, 0.3) is 11.8 Å². The SMILES string of the molecule is CC[C@H](C)[C@@H](NC(=O)COC(=O)CN1C(=O)NC2(CCCC2)C1=O)C(=O)OC. The van der Waals surface area contributed by atoms with Gasteiger partial charge in [0.2, 0.25) is 0 Å². The zero-order chi connectivity index (χ0) is 20.9. The average molecular weight is 397 g/mol. The fourth-order valence-corrected chi connectivity index (χ4v) is 3.47. The van der Waals surface area contributed by atoms with Crippen molar-refractivity contribution in [3.8, 4) is 0 Å². The quantitative estimate of drug-likeness (QED) is 0.438. The minimum atomic E-state index is -0.904. The Hall–Kier alpha value is -2.65. The summed E-state index contributed by atoms with van der Waals surface area (Å²) in [6.45, 7) is 2.45. The first-order valence-electron chi connectivity index (χ1n) is 9.41. The molecule has 4 amide bonds. The molecule has 10 nitrogen and oxygen atoms in total. The summed E-state index contributed by atoms with van der Waals surface area (Å²) in [5, 5.41) is 5.14. The lowest BCUT2D eigenvalue weighted by Gasteiger charge is -2.22. The summed E-state index contributed by atoms with van der Waals surface area (Å²) in [6, 6.07) is -1.48. The summed E-state index contributed by atoms with van der Waals surface area (Å²) in [5.41, 5.74) is -0.904. The van der Waals surface area contributed by atoms with Crippen LogP contribution in [0, 0.1) is 5.92 Å². The molecule has 0 aromatic carbocycles. The normalized spacial score (nSPS) is 19.9. The van der Waals surface area contributed by atoms with Gasteiger partial charge < -0.3 is 20.1 Å². The van der Waals surface area contributed by atoms with Gasteiger partial charge in [0.05, 0.1) is 7.11 Å². The van der Waals surface area contributed by atoms with Crippen LogP contribution in [-0.2, 0) is 28.7 Å². The van der Waals surface area contributed by atoms with Crippen molar-refractivity contribution in [1.82, 2.24) is 15.5 Å². The minimum absolute atomic E-state index is 0.166. The smallest absolute Gasteiger partial charge is 0.328 e. The van der Waals surface area contributed by atoms with E-state index in [4.69, 9.17) is 4.74 Å². The zero-order valence-electron chi connectivity index (χ0n) is 16.4. The second-order valence-electron chi connectivity index (χ2n) is 7.23. The van der Waals surface area contributed by atoms with Gasteiger partial charge in [-0.3, -0.25) is 19.3 Å². The van der Waals surface area contributed by atoms with Crippen molar-refractivity contribution in [2.24, 2.45) is 5.92 Å². The summed E-state index contributed by atoms with van der Waals surface area (Å²) in [5.74, 6) is -2.74. The lowest BCUT2D eigenvalue weighted by atomic mass is 9.98. The molecule has 2 rings (SSSR count). The zero-order valence-corrected chi connectivity index (χ0v) is 16.4. The third-order valence-corrected chi connectivity index (χ3v) is 5.34. The molecule has 1 saturated heterocycles. The van der Waals surface area contributed by atoms with Crippen molar-refractivity contribution in [3.05, 3.63) is 0 Å². The number of hydrogen-bond donors (Lipinski definition) is 2. The Labute approximate surface area is 163 Å². The number of rotatable bonds is 8. The molecule has 2 aliphatic rings. The van der Waals surface area contributed by atoms with E-state index in [1.54, 1.807) is 6.92 Å². The number of nitrogens with zero attached hydrogens (tertiary/aromatic N) is 1. The highest BCUT2D eigenvalue weighted by Gasteiger charge is 2.52. The lowest BCUT2D eigenvalue weighted by Crippen LogP contribution is -2.47. The third-order valence-electron chi connectivity index (χ3n) is 5.34. The highest BCUT2D eigenvalue weighted by atomic mass is 16.5. The van der Waals surface area contributed by atoms with Crippen LogP contribution in [0.25, 0.3) is 0 Å². The maximum Gasteiger partial charge on any atom is 0.328 e. The largest absolute Gasteiger partial charge is 0.467 e. The van der Waals surface area contributed by atoms with Gasteiger partial charge in [-0.15, -0.1) is 0 Å². The number of carbonyl (C=O) groups is 5. The van der Waals surface area contributed by atoms with Crippen LogP contribution < -0.4 is 10.6 Å². The maximum atomic E-state index is 12.5. The second kappa shape index (κ2) is 9.03. The first-order valence-corrected chi connectivity index (χ1v) is 9.41. The molecule has 1 saturated carbocycles. The summed E-state index contributed by atoms with van der Waals surface area (Å²) in [4.78, 5) is 61.1. The predicted octanol–water partition coefficient (Wildman–Crippen LogP) is 0.0981. The van der Waals surface area contributed by atoms with Crippen LogP contribution in [0.1, 0.15) is 46.0 Å². The fourth-order valence-electron chi connectivity index (χ4n) is 3.47. The Morgan fingerprint density at radius 1 is 1.25 bits per heavy atom. The molecule has 1 aliphatic carbocycles. The van der Waals surface area contributed by atoms with E-state index in [-0.39, 0.29) is 5.92 Å². The van der Waals surface area contributed by atoms with Gasteiger partial charge in [0.1, 0.15) is 18.1 Å². The first-order chi connectivity index (χ1) is 13.2. The van der Waals surface area contributed by atoms with Crippen LogP contribution in [-0.4, -0.2) is 66.5 Å². The monoisotopic (exact) mass is 397 g/mol. The van der Waals surface area contributed by atoms with Crippen LogP contribution in [0.15, 0.2) is 0 Å². The molecule has 0 aromatic rings. The molecule has 1 heterocycles. The van der Waals surface area contributed by atoms with E-state index in [0.717, 1.165) is 17.7 Å². The number of amides is 4. The second-order valence-corrected chi connectivity index (χ2v) is 7.23. The Balaban J connectivity index is 1.85. The summed E-state index contributed by atoms with van der Waals surface area (Å²) in [7, 11) is 1.22. The summed E-state index contributed by atoms with van der Waals surface area (Å²) >= 11 is 0. The molecule has 0 radical (unpaired) electrons. The Morgan fingerprint density at radius 2 is 1.89 bits per heavy atom. The number of esters is 2. The van der Waals surface area contributed by atoms with Crippen molar-refractivity contribution in [3.63, 3.8) is 0 Å². The van der Waals surface area contributed by atoms with E-state index in [9.17, 15) is 24.0 Å². The molecule has 1 spiro atoms. The molecule has 1 aliphatic heterocycles. The Morgan fingerprint density at radius 3 is 2.46 bits per heavy atom. The summed E-state index contributed by atoms with van der Waals surface area (Å²) < 4.78 is 9.53. The van der Waals surface area contributed by atoms with E-state index in [1.165, 1.54) is 7.11 Å². The van der Waals surface area contributed by atoms with Crippen LogP contribution >= 0.6 is 0 Å². The van der Waals surface area contributed by atoms with Gasteiger partial charge >= 0.3 is 18.0 Å². The highest BCUT2D eigenvalue weighted by Crippen LogP contribution is 2.34. The first kappa shape index (κ1) is 21.6. The molecule has 2 fully saturated rings. The van der Waals surface area contributed by atoms with Gasteiger partial charge in [0, 0.05) is 0 Å². The molecular formula is C18H27N3O7. The molecule has 2 atom stereocenters. The topological polar surface area (TPSA) is 131 Å². The van der Waals surface area contributed by atoms with E-state index in [0.29, 0.717) is 19.3 Å². The molecule has 0 bridgehead atoms. The Kier molecular flexibility index (Phi) is 6.98. The number of methoxy groups -OCH3 is 1. The molecule has 156 valence electrons. The number of urea groups is 1. The number of nitrogens with one attached hydrogen (secondary N) is 2. The maximum absolute atomic E-state index is 12.5. The van der Waals surface area contributed by atoms with Crippen molar-refractivity contribution >= 4 is 29.8 Å². The highest BCUT2D eigenvalue weighted by molar-refractivity contribution is 6.08. The van der Waals surface area contributed by atoms with Crippen molar-refractivity contribution in [1.29, 1.82) is 0 Å². The van der Waals surface area contributed by atoms with Gasteiger partial charge in [-0.05, 0) is 18.8 Å². The van der Waals surface area contributed by atoms with Gasteiger partial charge in [0.15, 0.2) is 6.61 Å². The number of hydrogen-bond acceptors (Lipinski definition) is 7. The van der Waals surface area contributed by atoms with E-state index >= 15 is 0 Å². The number of ether oxygens (including phenoxy) is 2. The van der Waals surface area contributed by atoms with Crippen LogP contribution in [0.3, 0.4) is 0 Å². The van der Waals surface area contributed by atoms with Gasteiger partial charge in [-0.25, -0.2) is 9.59 Å². The lowest BCUT2D eigenvalue weighted by molar-refractivity contribution is -0.152. The van der Waals surface area contributed by atoms with Crippen LogP contribution in [0.5, 0.6) is 0 Å². The molecule has 2 N–H and O–H groups in total. The molecule has 28 heavy (non-hydrogen) atoms. The molecular weight excluding hydrogens is 370 g/mol. The molecule has 10 heteroatoms. The number of carbonyl (C=O) groups excluding carboxylic acids is 5. The van der Waals surface area contributed by atoms with E-state index in [1.807, 2.05) is 6.92 Å². The molecule has 0 unspecified atom stereocenters. The third kappa shape index (κ3) is 4.60. The van der Waals surface area contributed by atoms with E-state index < -0.39 is 54.5 Å². The minimum Gasteiger partial charge on any atom is -0.467 e. The fraction of sp³-hybridized carbons (Fsp3) is 0.722. The molecule has 0 aromatic heterocycles. The summed E-state index contributed by atoms with van der Waals surface area (Å²) in [6.07, 6.45) is 3.41. The van der Waals surface area contributed by atoms with Crippen molar-refractivity contribution < 1.29 is 33.4 Å².